The molecule has 0 aliphatic heterocycles. The lowest BCUT2D eigenvalue weighted by Gasteiger charge is -2.06. The van der Waals surface area contributed by atoms with Crippen molar-refractivity contribution in [3.05, 3.63) is 29.7 Å². The van der Waals surface area contributed by atoms with E-state index in [1.165, 1.54) is 0 Å². The van der Waals surface area contributed by atoms with Gasteiger partial charge in [-0.25, -0.2) is 4.98 Å². The van der Waals surface area contributed by atoms with Crippen LogP contribution in [0.1, 0.15) is 31.0 Å². The van der Waals surface area contributed by atoms with Crippen molar-refractivity contribution in [1.82, 2.24) is 14.8 Å². The monoisotopic (exact) mass is 230 g/mol. The number of anilines is 1. The van der Waals surface area contributed by atoms with E-state index in [4.69, 9.17) is 5.73 Å². The minimum Gasteiger partial charge on any atom is -0.383 e. The lowest BCUT2D eigenvalue weighted by atomic mass is 10.0. The van der Waals surface area contributed by atoms with Gasteiger partial charge in [0.15, 0.2) is 0 Å². The van der Waals surface area contributed by atoms with Crippen molar-refractivity contribution in [2.24, 2.45) is 7.05 Å². The molecule has 2 heterocycles. The van der Waals surface area contributed by atoms with E-state index in [0.29, 0.717) is 11.7 Å². The normalized spacial score (nSPS) is 11.1. The van der Waals surface area contributed by atoms with Crippen LogP contribution in [0.4, 0.5) is 5.82 Å². The summed E-state index contributed by atoms with van der Waals surface area (Å²) in [6, 6.07) is 2.06. The van der Waals surface area contributed by atoms with Crippen molar-refractivity contribution in [2.45, 2.75) is 26.7 Å². The summed E-state index contributed by atoms with van der Waals surface area (Å²) in [7, 11) is 1.94. The summed E-state index contributed by atoms with van der Waals surface area (Å²) in [6.45, 7) is 6.25. The molecule has 4 nitrogen and oxygen atoms in total. The molecule has 0 aromatic carbocycles. The number of aryl methyl sites for hydroxylation is 2. The molecular formula is C13H18N4. The van der Waals surface area contributed by atoms with E-state index in [1.54, 1.807) is 0 Å². The first kappa shape index (κ1) is 11.6. The second-order valence-corrected chi connectivity index (χ2v) is 4.68. The van der Waals surface area contributed by atoms with Crippen LogP contribution in [0.25, 0.3) is 11.1 Å². The number of nitrogens with zero attached hydrogens (tertiary/aromatic N) is 3. The highest BCUT2D eigenvalue weighted by Gasteiger charge is 2.13. The third-order valence-corrected chi connectivity index (χ3v) is 2.83. The van der Waals surface area contributed by atoms with Crippen LogP contribution in [0, 0.1) is 6.92 Å². The Hall–Kier alpha value is -1.84. The molecule has 0 amide bonds. The summed E-state index contributed by atoms with van der Waals surface area (Å²) in [6.07, 6.45) is 3.84. The van der Waals surface area contributed by atoms with Crippen molar-refractivity contribution in [3.8, 4) is 11.1 Å². The van der Waals surface area contributed by atoms with Crippen LogP contribution in [0.5, 0.6) is 0 Å². The van der Waals surface area contributed by atoms with Gasteiger partial charge < -0.3 is 5.73 Å². The fourth-order valence-electron chi connectivity index (χ4n) is 1.89. The van der Waals surface area contributed by atoms with Crippen molar-refractivity contribution >= 4 is 5.82 Å². The molecule has 0 aliphatic rings. The van der Waals surface area contributed by atoms with E-state index in [2.05, 4.69) is 30.0 Å². The Morgan fingerprint density at radius 3 is 2.65 bits per heavy atom. The maximum absolute atomic E-state index is 5.74. The van der Waals surface area contributed by atoms with E-state index in [1.807, 2.05) is 31.0 Å². The minimum atomic E-state index is 0.393. The number of hydrogen-bond donors (Lipinski definition) is 1. The summed E-state index contributed by atoms with van der Waals surface area (Å²) in [4.78, 5) is 4.21. The molecule has 0 bridgehead atoms. The molecule has 0 fully saturated rings. The fraction of sp³-hybridized carbons (Fsp3) is 0.385. The molecule has 0 saturated carbocycles. The van der Waals surface area contributed by atoms with E-state index in [-0.39, 0.29) is 0 Å². The summed E-state index contributed by atoms with van der Waals surface area (Å²) in [5.41, 5.74) is 10.0. The van der Waals surface area contributed by atoms with Crippen LogP contribution in [0.15, 0.2) is 18.5 Å². The fourth-order valence-corrected chi connectivity index (χ4v) is 1.89. The van der Waals surface area contributed by atoms with Crippen molar-refractivity contribution in [2.75, 3.05) is 5.73 Å². The maximum atomic E-state index is 5.74. The van der Waals surface area contributed by atoms with Gasteiger partial charge in [-0.1, -0.05) is 13.8 Å². The molecule has 4 heteroatoms. The highest BCUT2D eigenvalue weighted by molar-refractivity contribution is 5.67. The zero-order valence-electron chi connectivity index (χ0n) is 10.7. The number of hydrogen-bond acceptors (Lipinski definition) is 3. The standard InChI is InChI=1S/C13H18N4/c1-8(2)12-11(7-17(4)16-12)10-5-9(3)13(14)15-6-10/h5-8H,1-4H3,(H2,14,15). The van der Waals surface area contributed by atoms with Gasteiger partial charge in [-0.2, -0.15) is 5.10 Å². The van der Waals surface area contributed by atoms with Gasteiger partial charge >= 0.3 is 0 Å². The molecule has 17 heavy (non-hydrogen) atoms. The molecular weight excluding hydrogens is 212 g/mol. The summed E-state index contributed by atoms with van der Waals surface area (Å²) in [5.74, 6) is 0.979. The second kappa shape index (κ2) is 4.20. The molecule has 90 valence electrons. The quantitative estimate of drug-likeness (QED) is 0.862. The van der Waals surface area contributed by atoms with Crippen LogP contribution in [-0.2, 0) is 7.05 Å². The predicted octanol–water partition coefficient (Wildman–Crippen LogP) is 2.50. The Labute approximate surface area is 101 Å². The number of rotatable bonds is 2. The average molecular weight is 230 g/mol. The first-order chi connectivity index (χ1) is 7.99. The minimum absolute atomic E-state index is 0.393. The van der Waals surface area contributed by atoms with Gasteiger partial charge in [0.25, 0.3) is 0 Å². The van der Waals surface area contributed by atoms with Crippen LogP contribution in [0.2, 0.25) is 0 Å². The van der Waals surface area contributed by atoms with Gasteiger partial charge in [-0.3, -0.25) is 4.68 Å². The van der Waals surface area contributed by atoms with Gasteiger partial charge in [0.1, 0.15) is 5.82 Å². The van der Waals surface area contributed by atoms with E-state index in [0.717, 1.165) is 22.4 Å². The average Bonchev–Trinajstić information content (AvgIpc) is 2.64. The zero-order valence-corrected chi connectivity index (χ0v) is 10.7. The lowest BCUT2D eigenvalue weighted by molar-refractivity contribution is 0.713. The highest BCUT2D eigenvalue weighted by Crippen LogP contribution is 2.28. The van der Waals surface area contributed by atoms with Crippen molar-refractivity contribution < 1.29 is 0 Å². The van der Waals surface area contributed by atoms with Gasteiger partial charge in [0.2, 0.25) is 0 Å². The molecule has 2 aromatic heterocycles. The SMILES string of the molecule is Cc1cc(-c2cn(C)nc2C(C)C)cnc1N. The van der Waals surface area contributed by atoms with E-state index in [9.17, 15) is 0 Å². The number of pyridine rings is 1. The zero-order chi connectivity index (χ0) is 12.6. The molecule has 2 aromatic rings. The Balaban J connectivity index is 2.55. The third-order valence-electron chi connectivity index (χ3n) is 2.83. The molecule has 2 rings (SSSR count). The van der Waals surface area contributed by atoms with Crippen LogP contribution in [-0.4, -0.2) is 14.8 Å². The number of nitrogens with two attached hydrogens (primary N) is 1. The molecule has 0 saturated heterocycles. The van der Waals surface area contributed by atoms with Gasteiger partial charge in [-0.05, 0) is 24.5 Å². The van der Waals surface area contributed by atoms with Crippen LogP contribution >= 0.6 is 0 Å². The first-order valence-electron chi connectivity index (χ1n) is 5.75. The van der Waals surface area contributed by atoms with E-state index < -0.39 is 0 Å². The molecule has 0 spiro atoms. The van der Waals surface area contributed by atoms with Gasteiger partial charge in [-0.15, -0.1) is 0 Å². The highest BCUT2D eigenvalue weighted by atomic mass is 15.3. The molecule has 0 aliphatic carbocycles. The Morgan fingerprint density at radius 2 is 2.06 bits per heavy atom. The lowest BCUT2D eigenvalue weighted by Crippen LogP contribution is -1.96. The number of nitrogen functional groups attached to an aromatic ring is 1. The summed E-state index contributed by atoms with van der Waals surface area (Å²) < 4.78 is 1.84. The molecule has 0 radical (unpaired) electrons. The van der Waals surface area contributed by atoms with Crippen LogP contribution < -0.4 is 5.73 Å². The number of aromatic nitrogens is 3. The summed E-state index contributed by atoms with van der Waals surface area (Å²) >= 11 is 0. The first-order valence-corrected chi connectivity index (χ1v) is 5.75. The Kier molecular flexibility index (Phi) is 2.88. The molecule has 0 atom stereocenters. The Bertz CT molecular complexity index is 540. The second-order valence-electron chi connectivity index (χ2n) is 4.68. The predicted molar refractivity (Wildman–Crippen MR) is 69.7 cm³/mol. The topological polar surface area (TPSA) is 56.7 Å². The van der Waals surface area contributed by atoms with Crippen LogP contribution in [0.3, 0.4) is 0 Å². The smallest absolute Gasteiger partial charge is 0.126 e. The molecule has 0 unspecified atom stereocenters. The largest absolute Gasteiger partial charge is 0.383 e. The Morgan fingerprint density at radius 1 is 1.35 bits per heavy atom. The maximum Gasteiger partial charge on any atom is 0.126 e. The summed E-state index contributed by atoms with van der Waals surface area (Å²) in [5, 5.41) is 4.50. The van der Waals surface area contributed by atoms with E-state index >= 15 is 0 Å². The van der Waals surface area contributed by atoms with Gasteiger partial charge in [0.05, 0.1) is 5.69 Å². The van der Waals surface area contributed by atoms with Crippen molar-refractivity contribution in [3.63, 3.8) is 0 Å². The third kappa shape index (κ3) is 2.16. The molecule has 2 N–H and O–H groups in total. The van der Waals surface area contributed by atoms with Gasteiger partial charge in [0, 0.05) is 30.6 Å². The van der Waals surface area contributed by atoms with Crippen molar-refractivity contribution in [1.29, 1.82) is 0 Å².